The Morgan fingerprint density at radius 2 is 1.35 bits per heavy atom. The van der Waals surface area contributed by atoms with Gasteiger partial charge in [0.05, 0.1) is 0 Å². The van der Waals surface area contributed by atoms with Crippen LogP contribution in [0.1, 0.15) is 61.4 Å². The van der Waals surface area contributed by atoms with Crippen LogP contribution >= 0.6 is 0 Å². The third-order valence-electron chi connectivity index (χ3n) is 3.95. The van der Waals surface area contributed by atoms with Crippen LogP contribution in [0.25, 0.3) is 0 Å². The smallest absolute Gasteiger partial charge is 0.0270 e. The summed E-state index contributed by atoms with van der Waals surface area (Å²) in [6, 6.07) is 2.52. The van der Waals surface area contributed by atoms with Gasteiger partial charge in [0.1, 0.15) is 0 Å². The van der Waals surface area contributed by atoms with E-state index < -0.39 is 0 Å². The van der Waals surface area contributed by atoms with Crippen molar-refractivity contribution < 1.29 is 0 Å². The van der Waals surface area contributed by atoms with Crippen LogP contribution in [0.3, 0.4) is 0 Å². The van der Waals surface area contributed by atoms with E-state index >= 15 is 0 Å². The fourth-order valence-electron chi connectivity index (χ4n) is 3.36. The highest BCUT2D eigenvalue weighted by Gasteiger charge is 2.22. The zero-order valence-corrected chi connectivity index (χ0v) is 13.6. The van der Waals surface area contributed by atoms with Crippen molar-refractivity contribution >= 4 is 0 Å². The highest BCUT2D eigenvalue weighted by molar-refractivity contribution is 5.50. The lowest BCUT2D eigenvalue weighted by Gasteiger charge is -2.13. The van der Waals surface area contributed by atoms with E-state index in [0.717, 1.165) is 0 Å². The first-order chi connectivity index (χ1) is 9.63. The number of aryl methyl sites for hydroxylation is 2. The molecule has 0 aromatic heterocycles. The SMILES string of the molecule is C=C.C=C(C)C.CCc1c2c(cc3c1CCC3)CCC2. The molecule has 0 heterocycles. The van der Waals surface area contributed by atoms with E-state index in [2.05, 4.69) is 32.7 Å². The third kappa shape index (κ3) is 3.85. The van der Waals surface area contributed by atoms with Gasteiger partial charge in [-0.25, -0.2) is 0 Å². The van der Waals surface area contributed by atoms with Gasteiger partial charge in [-0.15, -0.1) is 19.7 Å². The minimum atomic E-state index is 1.17. The highest BCUT2D eigenvalue weighted by atomic mass is 14.3. The molecule has 0 radical (unpaired) electrons. The minimum Gasteiger partial charge on any atom is -0.106 e. The van der Waals surface area contributed by atoms with Crippen molar-refractivity contribution in [2.45, 2.75) is 65.7 Å². The van der Waals surface area contributed by atoms with Gasteiger partial charge in [0.2, 0.25) is 0 Å². The molecule has 0 N–H and O–H groups in total. The van der Waals surface area contributed by atoms with Gasteiger partial charge >= 0.3 is 0 Å². The van der Waals surface area contributed by atoms with Gasteiger partial charge in [0.25, 0.3) is 0 Å². The fourth-order valence-corrected chi connectivity index (χ4v) is 3.36. The summed E-state index contributed by atoms with van der Waals surface area (Å²) >= 11 is 0. The molecule has 110 valence electrons. The van der Waals surface area contributed by atoms with Crippen molar-refractivity contribution in [3.63, 3.8) is 0 Å². The van der Waals surface area contributed by atoms with Crippen LogP contribution < -0.4 is 0 Å². The van der Waals surface area contributed by atoms with E-state index in [4.69, 9.17) is 0 Å². The molecule has 1 aromatic carbocycles. The van der Waals surface area contributed by atoms with Crippen molar-refractivity contribution in [3.8, 4) is 0 Å². The van der Waals surface area contributed by atoms with Crippen molar-refractivity contribution in [2.24, 2.45) is 0 Å². The first-order valence-electron chi connectivity index (χ1n) is 7.91. The van der Waals surface area contributed by atoms with Gasteiger partial charge in [-0.1, -0.05) is 18.6 Å². The summed E-state index contributed by atoms with van der Waals surface area (Å²) < 4.78 is 0. The summed E-state index contributed by atoms with van der Waals surface area (Å²) in [5, 5.41) is 0. The summed E-state index contributed by atoms with van der Waals surface area (Å²) in [6.07, 6.45) is 9.44. The Hall–Kier alpha value is -1.30. The molecule has 0 saturated heterocycles. The van der Waals surface area contributed by atoms with Crippen LogP contribution in [0.5, 0.6) is 0 Å². The Bertz CT molecular complexity index is 429. The largest absolute Gasteiger partial charge is 0.106 e. The molecule has 0 atom stereocenters. The van der Waals surface area contributed by atoms with E-state index in [9.17, 15) is 0 Å². The number of hydrogen-bond donors (Lipinski definition) is 0. The zero-order chi connectivity index (χ0) is 15.1. The molecular weight excluding hydrogens is 240 g/mol. The van der Waals surface area contributed by atoms with E-state index in [1.807, 2.05) is 13.8 Å². The second kappa shape index (κ2) is 8.09. The van der Waals surface area contributed by atoms with Crippen molar-refractivity contribution in [3.05, 3.63) is 59.2 Å². The van der Waals surface area contributed by atoms with Crippen LogP contribution in [0.4, 0.5) is 0 Å². The number of allylic oxidation sites excluding steroid dienone is 1. The molecule has 0 unspecified atom stereocenters. The summed E-state index contributed by atoms with van der Waals surface area (Å²) in [5.41, 5.74) is 9.72. The second-order valence-corrected chi connectivity index (χ2v) is 5.90. The fraction of sp³-hybridized carbons (Fsp3) is 0.500. The summed E-state index contributed by atoms with van der Waals surface area (Å²) in [4.78, 5) is 0. The van der Waals surface area contributed by atoms with Crippen molar-refractivity contribution in [1.82, 2.24) is 0 Å². The van der Waals surface area contributed by atoms with E-state index in [1.165, 1.54) is 50.5 Å². The van der Waals surface area contributed by atoms with Crippen LogP contribution in [-0.4, -0.2) is 0 Å². The van der Waals surface area contributed by atoms with Crippen LogP contribution in [0.2, 0.25) is 0 Å². The molecule has 0 saturated carbocycles. The van der Waals surface area contributed by atoms with Gasteiger partial charge in [0, 0.05) is 0 Å². The normalized spacial score (nSPS) is 14.3. The summed E-state index contributed by atoms with van der Waals surface area (Å²) in [7, 11) is 0. The van der Waals surface area contributed by atoms with E-state index in [1.54, 1.807) is 27.8 Å². The number of rotatable bonds is 1. The van der Waals surface area contributed by atoms with Gasteiger partial charge in [-0.3, -0.25) is 0 Å². The highest BCUT2D eigenvalue weighted by Crippen LogP contribution is 2.35. The standard InChI is InChI=1S/C14H18.C4H8.C2H4/c1-2-12-13-7-3-5-10(13)9-11-6-4-8-14(11)12;1-4(2)3;1-2/h9H,2-8H2,1H3;1H2,2-3H3;1-2H2. The molecule has 3 rings (SSSR count). The van der Waals surface area contributed by atoms with Crippen LogP contribution in [-0.2, 0) is 32.1 Å². The molecule has 1 aromatic rings. The lowest BCUT2D eigenvalue weighted by atomic mass is 9.93. The molecule has 0 spiro atoms. The molecule has 0 aliphatic heterocycles. The quantitative estimate of drug-likeness (QED) is 0.582. The minimum absolute atomic E-state index is 1.17. The molecule has 0 amide bonds. The topological polar surface area (TPSA) is 0 Å². The molecule has 0 fully saturated rings. The number of fused-ring (bicyclic) bond motifs is 2. The molecular formula is C20H30. The predicted molar refractivity (Wildman–Crippen MR) is 91.6 cm³/mol. The number of hydrogen-bond acceptors (Lipinski definition) is 0. The van der Waals surface area contributed by atoms with Gasteiger partial charge < -0.3 is 0 Å². The van der Waals surface area contributed by atoms with E-state index in [-0.39, 0.29) is 0 Å². The molecule has 0 nitrogen and oxygen atoms in total. The lowest BCUT2D eigenvalue weighted by Crippen LogP contribution is -1.99. The average molecular weight is 270 g/mol. The molecule has 0 heteroatoms. The Kier molecular flexibility index (Phi) is 6.78. The van der Waals surface area contributed by atoms with Crippen LogP contribution in [0.15, 0.2) is 31.4 Å². The molecule has 20 heavy (non-hydrogen) atoms. The van der Waals surface area contributed by atoms with E-state index in [0.29, 0.717) is 0 Å². The molecule has 2 aliphatic carbocycles. The van der Waals surface area contributed by atoms with Crippen LogP contribution in [0, 0.1) is 0 Å². The lowest BCUT2D eigenvalue weighted by molar-refractivity contribution is 0.885. The monoisotopic (exact) mass is 270 g/mol. The molecule has 0 bridgehead atoms. The maximum atomic E-state index is 3.56. The Morgan fingerprint density at radius 3 is 1.70 bits per heavy atom. The maximum Gasteiger partial charge on any atom is -0.0270 e. The first kappa shape index (κ1) is 16.8. The summed E-state index contributed by atoms with van der Waals surface area (Å²) in [6.45, 7) is 15.8. The maximum absolute atomic E-state index is 3.56. The zero-order valence-electron chi connectivity index (χ0n) is 13.6. The number of benzene rings is 1. The predicted octanol–water partition coefficient (Wildman–Crippen LogP) is 5.61. The van der Waals surface area contributed by atoms with Crippen molar-refractivity contribution in [2.75, 3.05) is 0 Å². The first-order valence-corrected chi connectivity index (χ1v) is 7.91. The van der Waals surface area contributed by atoms with Gasteiger partial charge in [0.15, 0.2) is 0 Å². The van der Waals surface area contributed by atoms with Gasteiger partial charge in [-0.2, -0.15) is 0 Å². The Labute approximate surface area is 125 Å². The Balaban J connectivity index is 0.000000291. The second-order valence-electron chi connectivity index (χ2n) is 5.90. The summed E-state index contributed by atoms with van der Waals surface area (Å²) in [5.74, 6) is 0. The van der Waals surface area contributed by atoms with Gasteiger partial charge in [-0.05, 0) is 86.6 Å². The molecule has 2 aliphatic rings. The van der Waals surface area contributed by atoms with Crippen molar-refractivity contribution in [1.29, 1.82) is 0 Å². The third-order valence-corrected chi connectivity index (χ3v) is 3.95. The Morgan fingerprint density at radius 1 is 0.950 bits per heavy atom. The average Bonchev–Trinajstić information content (AvgIpc) is 3.05.